The van der Waals surface area contributed by atoms with Gasteiger partial charge >= 0.3 is 0 Å². The number of carbonyl (C=O) groups excluding carboxylic acids is 2. The molecule has 0 saturated heterocycles. The van der Waals surface area contributed by atoms with Gasteiger partial charge in [-0.2, -0.15) is 0 Å². The molecule has 7 heteroatoms. The summed E-state index contributed by atoms with van der Waals surface area (Å²) in [6.07, 6.45) is 4.48. The average molecular weight is 527 g/mol. The van der Waals surface area contributed by atoms with E-state index in [9.17, 15) is 14.0 Å². The molecular weight excluding hydrogens is 498 g/mol. The molecule has 0 aromatic heterocycles. The second kappa shape index (κ2) is 12.4. The lowest BCUT2D eigenvalue weighted by Crippen LogP contribution is -2.52. The van der Waals surface area contributed by atoms with Gasteiger partial charge in [0.05, 0.1) is 16.5 Å². The number of amides is 2. The molecule has 1 aliphatic rings. The van der Waals surface area contributed by atoms with Gasteiger partial charge in [0.25, 0.3) is 0 Å². The number of benzene rings is 3. The molecule has 4 rings (SSSR count). The van der Waals surface area contributed by atoms with Crippen LogP contribution in [0.1, 0.15) is 42.4 Å². The van der Waals surface area contributed by atoms with E-state index in [1.165, 1.54) is 12.1 Å². The SMILES string of the molecule is O=C(NC1CCCC1)[C@@H](Cc1ccccc1)N(Cc1ccc(Cl)c(Cl)c1)C(=O)Cc1ccc(F)cc1. The number of hydrogen-bond acceptors (Lipinski definition) is 2. The van der Waals surface area contributed by atoms with E-state index in [1.54, 1.807) is 35.2 Å². The van der Waals surface area contributed by atoms with Crippen LogP contribution in [0.2, 0.25) is 10.0 Å². The van der Waals surface area contributed by atoms with Gasteiger partial charge in [0.1, 0.15) is 11.9 Å². The number of carbonyl (C=O) groups is 2. The summed E-state index contributed by atoms with van der Waals surface area (Å²) >= 11 is 12.4. The van der Waals surface area contributed by atoms with E-state index >= 15 is 0 Å². The van der Waals surface area contributed by atoms with E-state index in [0.717, 1.165) is 36.8 Å². The van der Waals surface area contributed by atoms with Gasteiger partial charge in [0.2, 0.25) is 11.8 Å². The highest BCUT2D eigenvalue weighted by molar-refractivity contribution is 6.42. The van der Waals surface area contributed by atoms with E-state index in [-0.39, 0.29) is 36.6 Å². The van der Waals surface area contributed by atoms with Crippen molar-refractivity contribution in [3.8, 4) is 0 Å². The van der Waals surface area contributed by atoms with Crippen molar-refractivity contribution in [1.82, 2.24) is 10.2 Å². The van der Waals surface area contributed by atoms with Crippen LogP contribution in [0.15, 0.2) is 72.8 Å². The van der Waals surface area contributed by atoms with E-state index in [4.69, 9.17) is 23.2 Å². The largest absolute Gasteiger partial charge is 0.352 e. The zero-order valence-corrected chi connectivity index (χ0v) is 21.4. The van der Waals surface area contributed by atoms with Crippen LogP contribution in [0.5, 0.6) is 0 Å². The maximum Gasteiger partial charge on any atom is 0.243 e. The first-order valence-electron chi connectivity index (χ1n) is 12.2. The second-order valence-electron chi connectivity index (χ2n) is 9.27. The lowest BCUT2D eigenvalue weighted by Gasteiger charge is -2.32. The summed E-state index contributed by atoms with van der Waals surface area (Å²) in [5.74, 6) is -0.759. The Morgan fingerprint density at radius 2 is 1.56 bits per heavy atom. The summed E-state index contributed by atoms with van der Waals surface area (Å²) in [5.41, 5.74) is 2.40. The van der Waals surface area contributed by atoms with Gasteiger partial charge in [0, 0.05) is 19.0 Å². The molecule has 4 nitrogen and oxygen atoms in total. The predicted octanol–water partition coefficient (Wildman–Crippen LogP) is 6.37. The predicted molar refractivity (Wildman–Crippen MR) is 141 cm³/mol. The van der Waals surface area contributed by atoms with Gasteiger partial charge in [0.15, 0.2) is 0 Å². The summed E-state index contributed by atoms with van der Waals surface area (Å²) < 4.78 is 13.4. The van der Waals surface area contributed by atoms with Crippen LogP contribution in [0, 0.1) is 5.82 Å². The molecule has 1 saturated carbocycles. The van der Waals surface area contributed by atoms with Gasteiger partial charge in [-0.25, -0.2) is 4.39 Å². The van der Waals surface area contributed by atoms with Crippen molar-refractivity contribution in [3.05, 3.63) is 105 Å². The molecule has 0 bridgehead atoms. The number of hydrogen-bond donors (Lipinski definition) is 1. The van der Waals surface area contributed by atoms with Crippen LogP contribution >= 0.6 is 23.2 Å². The van der Waals surface area contributed by atoms with E-state index in [2.05, 4.69) is 5.32 Å². The molecule has 1 aliphatic carbocycles. The van der Waals surface area contributed by atoms with Crippen molar-refractivity contribution >= 4 is 35.0 Å². The highest BCUT2D eigenvalue weighted by atomic mass is 35.5. The molecule has 36 heavy (non-hydrogen) atoms. The normalized spacial score (nSPS) is 14.4. The summed E-state index contributed by atoms with van der Waals surface area (Å²) in [6.45, 7) is 0.187. The monoisotopic (exact) mass is 526 g/mol. The van der Waals surface area contributed by atoms with Crippen LogP contribution in [-0.2, 0) is 29.0 Å². The lowest BCUT2D eigenvalue weighted by atomic mass is 10.0. The van der Waals surface area contributed by atoms with Gasteiger partial charge < -0.3 is 10.2 Å². The molecule has 188 valence electrons. The molecule has 1 N–H and O–H groups in total. The van der Waals surface area contributed by atoms with Gasteiger partial charge in [-0.15, -0.1) is 0 Å². The van der Waals surface area contributed by atoms with Crippen molar-refractivity contribution in [2.24, 2.45) is 0 Å². The number of rotatable bonds is 9. The molecule has 0 radical (unpaired) electrons. The fourth-order valence-electron chi connectivity index (χ4n) is 4.63. The first-order chi connectivity index (χ1) is 17.4. The molecule has 3 aromatic carbocycles. The van der Waals surface area contributed by atoms with Gasteiger partial charge in [-0.05, 0) is 53.8 Å². The Balaban J connectivity index is 1.66. The van der Waals surface area contributed by atoms with Crippen molar-refractivity contribution in [2.45, 2.75) is 57.2 Å². The van der Waals surface area contributed by atoms with Crippen LogP contribution in [-0.4, -0.2) is 28.8 Å². The molecule has 0 heterocycles. The molecule has 0 aliphatic heterocycles. The molecule has 3 aromatic rings. The van der Waals surface area contributed by atoms with E-state index in [0.29, 0.717) is 22.0 Å². The Labute approximate surface area is 221 Å². The van der Waals surface area contributed by atoms with Crippen LogP contribution < -0.4 is 5.32 Å². The summed E-state index contributed by atoms with van der Waals surface area (Å²) in [6, 6.07) is 20.1. The van der Waals surface area contributed by atoms with Crippen LogP contribution in [0.4, 0.5) is 4.39 Å². The van der Waals surface area contributed by atoms with E-state index in [1.807, 2.05) is 30.3 Å². The summed E-state index contributed by atoms with van der Waals surface area (Å²) in [5, 5.41) is 3.99. The molecule has 1 atom stereocenters. The average Bonchev–Trinajstić information content (AvgIpc) is 3.38. The third-order valence-electron chi connectivity index (χ3n) is 6.58. The summed E-state index contributed by atoms with van der Waals surface area (Å²) in [4.78, 5) is 29.0. The van der Waals surface area contributed by atoms with Crippen LogP contribution in [0.3, 0.4) is 0 Å². The topological polar surface area (TPSA) is 49.4 Å². The van der Waals surface area contributed by atoms with Gasteiger partial charge in [-0.3, -0.25) is 9.59 Å². The van der Waals surface area contributed by atoms with E-state index < -0.39 is 6.04 Å². The Hall–Kier alpha value is -2.89. The number of nitrogens with zero attached hydrogens (tertiary/aromatic N) is 1. The maximum atomic E-state index is 13.7. The minimum Gasteiger partial charge on any atom is -0.352 e. The van der Waals surface area contributed by atoms with Crippen molar-refractivity contribution in [1.29, 1.82) is 0 Å². The third-order valence-corrected chi connectivity index (χ3v) is 7.32. The molecule has 0 spiro atoms. The standard InChI is InChI=1S/C29H29Cl2FN2O2/c30-25-15-12-22(16-26(25)31)19-34(28(35)18-21-10-13-23(32)14-11-21)27(17-20-6-2-1-3-7-20)29(36)33-24-8-4-5-9-24/h1-3,6-7,10-16,24,27H,4-5,8-9,17-19H2,(H,33,36)/t27-/m1/s1. The molecule has 0 unspecified atom stereocenters. The first-order valence-corrected chi connectivity index (χ1v) is 13.0. The van der Waals surface area contributed by atoms with Crippen LogP contribution in [0.25, 0.3) is 0 Å². The van der Waals surface area contributed by atoms with Gasteiger partial charge in [-0.1, -0.05) is 84.6 Å². The highest BCUT2D eigenvalue weighted by Crippen LogP contribution is 2.25. The van der Waals surface area contributed by atoms with Crippen molar-refractivity contribution in [3.63, 3.8) is 0 Å². The first kappa shape index (κ1) is 26.2. The Morgan fingerprint density at radius 1 is 0.889 bits per heavy atom. The van der Waals surface area contributed by atoms with Crippen molar-refractivity contribution < 1.29 is 14.0 Å². The minimum atomic E-state index is -0.726. The summed E-state index contributed by atoms with van der Waals surface area (Å²) in [7, 11) is 0. The lowest BCUT2D eigenvalue weighted by molar-refractivity contribution is -0.141. The minimum absolute atomic E-state index is 0.0452. The fourth-order valence-corrected chi connectivity index (χ4v) is 4.96. The Morgan fingerprint density at radius 3 is 2.22 bits per heavy atom. The quantitative estimate of drug-likeness (QED) is 0.352. The molecular formula is C29H29Cl2FN2O2. The molecule has 1 fully saturated rings. The Bertz CT molecular complexity index is 1180. The van der Waals surface area contributed by atoms with Crippen molar-refractivity contribution in [2.75, 3.05) is 0 Å². The third kappa shape index (κ3) is 7.08. The smallest absolute Gasteiger partial charge is 0.243 e. The molecule has 2 amide bonds. The fraction of sp³-hybridized carbons (Fsp3) is 0.310. The number of nitrogens with one attached hydrogen (secondary N) is 1. The second-order valence-corrected chi connectivity index (χ2v) is 10.1. The zero-order chi connectivity index (χ0) is 25.5. The highest BCUT2D eigenvalue weighted by Gasteiger charge is 2.32. The Kier molecular flexibility index (Phi) is 9.00. The zero-order valence-electron chi connectivity index (χ0n) is 19.9. The number of halogens is 3. The maximum absolute atomic E-state index is 13.7.